The van der Waals surface area contributed by atoms with E-state index in [0.29, 0.717) is 37.6 Å². The Morgan fingerprint density at radius 1 is 1.15 bits per heavy atom. The molecule has 2 aromatic heterocycles. The molecule has 0 radical (unpaired) electrons. The normalized spacial score (nSPS) is 15.5. The number of Topliss-reactive ketones (excluding diaryl/α,β-unsaturated/α-hetero) is 1. The first-order chi connectivity index (χ1) is 18.8. The Bertz CT molecular complexity index is 1460. The molecule has 1 aliphatic heterocycles. The molecule has 1 N–H and O–H groups in total. The van der Waals surface area contributed by atoms with Gasteiger partial charge in [-0.1, -0.05) is 39.5 Å². The third-order valence-corrected chi connectivity index (χ3v) is 8.74. The van der Waals surface area contributed by atoms with Crippen molar-refractivity contribution >= 4 is 27.0 Å². The van der Waals surface area contributed by atoms with Crippen molar-refractivity contribution in [3.63, 3.8) is 0 Å². The highest BCUT2D eigenvalue weighted by molar-refractivity contribution is 7.89. The molecule has 1 aliphatic rings. The summed E-state index contributed by atoms with van der Waals surface area (Å²) in [5, 5.41) is 0. The summed E-state index contributed by atoms with van der Waals surface area (Å²) in [6, 6.07) is 4.07. The molecule has 1 aromatic carbocycles. The van der Waals surface area contributed by atoms with Gasteiger partial charge in [0, 0.05) is 13.1 Å². The number of benzene rings is 1. The summed E-state index contributed by atoms with van der Waals surface area (Å²) in [6.45, 7) is 7.20. The van der Waals surface area contributed by atoms with Gasteiger partial charge in [0.05, 0.1) is 42.6 Å². The van der Waals surface area contributed by atoms with Crippen LogP contribution in [0.4, 0.5) is 0 Å². The largest absolute Gasteiger partial charge is 0.493 e. The number of imidazole rings is 1. The number of hydrogen-bond acceptors (Lipinski definition) is 8. The third kappa shape index (κ3) is 6.39. The third-order valence-electron chi connectivity index (χ3n) is 6.84. The quantitative estimate of drug-likeness (QED) is 0.313. The zero-order chi connectivity index (χ0) is 28.0. The highest BCUT2D eigenvalue weighted by Gasteiger charge is 2.28. The van der Waals surface area contributed by atoms with Crippen LogP contribution in [0.2, 0.25) is 0 Å². The van der Waals surface area contributed by atoms with E-state index >= 15 is 0 Å². The number of sulfonamides is 1. The van der Waals surface area contributed by atoms with Crippen molar-refractivity contribution in [1.29, 1.82) is 0 Å². The van der Waals surface area contributed by atoms with Crippen LogP contribution in [0.1, 0.15) is 65.3 Å². The molecule has 12 heteroatoms. The molecule has 0 bridgehead atoms. The number of unbranched alkanes of at least 4 members (excludes halogenated alkanes) is 3. The number of carbonyl (C=O) groups is 1. The van der Waals surface area contributed by atoms with Gasteiger partial charge in [-0.05, 0) is 38.0 Å². The number of H-pyrrole nitrogens is 1. The maximum Gasteiger partial charge on any atom is 0.279 e. The van der Waals surface area contributed by atoms with Crippen LogP contribution >= 0.6 is 0 Å². The molecular weight excluding hydrogens is 522 g/mol. The predicted molar refractivity (Wildman–Crippen MR) is 147 cm³/mol. The van der Waals surface area contributed by atoms with Gasteiger partial charge in [-0.15, -0.1) is 0 Å². The zero-order valence-electron chi connectivity index (χ0n) is 22.8. The second-order valence-corrected chi connectivity index (χ2v) is 11.7. The van der Waals surface area contributed by atoms with Crippen LogP contribution in [-0.2, 0) is 19.6 Å². The topological polar surface area (TPSA) is 136 Å². The molecule has 0 saturated carbocycles. The van der Waals surface area contributed by atoms with Gasteiger partial charge in [0.25, 0.3) is 5.56 Å². The summed E-state index contributed by atoms with van der Waals surface area (Å²) in [5.74, 6) is 0.502. The molecule has 1 unspecified atom stereocenters. The SMILES string of the molecule is CCCCCCC(C(C)=O)n1cnc2c(=O)[nH]c(-c3cc(S(=O)(=O)N4CCOCC4)ccc3OCCC)nc21. The van der Waals surface area contributed by atoms with E-state index in [0.717, 1.165) is 32.1 Å². The van der Waals surface area contributed by atoms with Gasteiger partial charge in [0.2, 0.25) is 10.0 Å². The van der Waals surface area contributed by atoms with Crippen LogP contribution in [0, 0.1) is 0 Å². The lowest BCUT2D eigenvalue weighted by Gasteiger charge is -2.26. The molecule has 3 aromatic rings. The van der Waals surface area contributed by atoms with Gasteiger partial charge in [-0.25, -0.2) is 18.4 Å². The second kappa shape index (κ2) is 12.8. The Morgan fingerprint density at radius 2 is 1.92 bits per heavy atom. The first-order valence-corrected chi connectivity index (χ1v) is 15.0. The lowest BCUT2D eigenvalue weighted by Crippen LogP contribution is -2.40. The lowest BCUT2D eigenvalue weighted by atomic mass is 10.0. The van der Waals surface area contributed by atoms with Crippen molar-refractivity contribution < 1.29 is 22.7 Å². The van der Waals surface area contributed by atoms with Crippen molar-refractivity contribution in [3.05, 3.63) is 34.9 Å². The Hall–Kier alpha value is -3.09. The number of aromatic amines is 1. The number of fused-ring (bicyclic) bond motifs is 1. The summed E-state index contributed by atoms with van der Waals surface area (Å²) in [7, 11) is -3.80. The zero-order valence-corrected chi connectivity index (χ0v) is 23.6. The van der Waals surface area contributed by atoms with E-state index < -0.39 is 21.6 Å². The van der Waals surface area contributed by atoms with E-state index in [1.54, 1.807) is 10.6 Å². The first-order valence-electron chi connectivity index (χ1n) is 13.6. The fourth-order valence-electron chi connectivity index (χ4n) is 4.71. The molecule has 0 spiro atoms. The standard InChI is InChI=1S/C27H37N5O6S/c1-4-6-7-8-9-22(19(3)33)32-18-28-24-26(32)29-25(30-27(24)34)21-17-20(10-11-23(21)38-14-5-2)39(35,36)31-12-15-37-16-13-31/h10-11,17-18,22H,4-9,12-16H2,1-3H3,(H,29,30,34). The summed E-state index contributed by atoms with van der Waals surface area (Å²) in [6.07, 6.45) is 6.88. The van der Waals surface area contributed by atoms with Gasteiger partial charge < -0.3 is 19.0 Å². The summed E-state index contributed by atoms with van der Waals surface area (Å²) < 4.78 is 41.0. The fourth-order valence-corrected chi connectivity index (χ4v) is 6.15. The predicted octanol–water partition coefficient (Wildman–Crippen LogP) is 3.70. The highest BCUT2D eigenvalue weighted by Crippen LogP contribution is 2.32. The minimum Gasteiger partial charge on any atom is -0.493 e. The van der Waals surface area contributed by atoms with Crippen molar-refractivity contribution in [1.82, 2.24) is 23.8 Å². The van der Waals surface area contributed by atoms with Gasteiger partial charge in [-0.3, -0.25) is 9.59 Å². The van der Waals surface area contributed by atoms with Crippen LogP contribution in [0.3, 0.4) is 0 Å². The number of rotatable bonds is 13. The number of aromatic nitrogens is 4. The second-order valence-electron chi connectivity index (χ2n) is 9.74. The number of nitrogens with zero attached hydrogens (tertiary/aromatic N) is 4. The van der Waals surface area contributed by atoms with E-state index in [1.807, 2.05) is 6.92 Å². The van der Waals surface area contributed by atoms with Crippen molar-refractivity contribution in [3.8, 4) is 17.1 Å². The van der Waals surface area contributed by atoms with E-state index in [1.165, 1.54) is 29.7 Å². The Morgan fingerprint density at radius 3 is 2.62 bits per heavy atom. The van der Waals surface area contributed by atoms with Gasteiger partial charge in [-0.2, -0.15) is 4.31 Å². The van der Waals surface area contributed by atoms with Crippen molar-refractivity contribution in [2.45, 2.75) is 70.2 Å². The van der Waals surface area contributed by atoms with E-state index in [-0.39, 0.29) is 40.8 Å². The Kier molecular flexibility index (Phi) is 9.52. The highest BCUT2D eigenvalue weighted by atomic mass is 32.2. The molecule has 3 heterocycles. The van der Waals surface area contributed by atoms with Gasteiger partial charge in [0.15, 0.2) is 16.9 Å². The molecule has 0 amide bonds. The molecule has 4 rings (SSSR count). The van der Waals surface area contributed by atoms with Gasteiger partial charge in [0.1, 0.15) is 11.6 Å². The van der Waals surface area contributed by atoms with Crippen LogP contribution < -0.4 is 10.3 Å². The maximum atomic E-state index is 13.4. The molecule has 1 atom stereocenters. The summed E-state index contributed by atoms with van der Waals surface area (Å²) >= 11 is 0. The monoisotopic (exact) mass is 559 g/mol. The van der Waals surface area contributed by atoms with Crippen molar-refractivity contribution in [2.75, 3.05) is 32.9 Å². The van der Waals surface area contributed by atoms with Crippen LogP contribution in [0.5, 0.6) is 5.75 Å². The minimum absolute atomic E-state index is 0.0417. The molecule has 0 aliphatic carbocycles. The first kappa shape index (κ1) is 28.9. The molecule has 1 saturated heterocycles. The number of ketones is 1. The maximum absolute atomic E-state index is 13.4. The van der Waals surface area contributed by atoms with Crippen molar-refractivity contribution in [2.24, 2.45) is 0 Å². The molecule has 39 heavy (non-hydrogen) atoms. The van der Waals surface area contributed by atoms with Crippen LogP contribution in [-0.4, -0.2) is 70.9 Å². The summed E-state index contributed by atoms with van der Waals surface area (Å²) in [4.78, 5) is 37.5. The number of carbonyl (C=O) groups excluding carboxylic acids is 1. The molecule has 1 fully saturated rings. The smallest absolute Gasteiger partial charge is 0.279 e. The fraction of sp³-hybridized carbons (Fsp3) is 0.556. The molecule has 11 nitrogen and oxygen atoms in total. The number of ether oxygens (including phenoxy) is 2. The number of hydrogen-bond donors (Lipinski definition) is 1. The molecule has 212 valence electrons. The number of nitrogens with one attached hydrogen (secondary N) is 1. The number of morpholine rings is 1. The minimum atomic E-state index is -3.80. The summed E-state index contributed by atoms with van der Waals surface area (Å²) in [5.41, 5.74) is 0.246. The van der Waals surface area contributed by atoms with Crippen LogP contribution in [0.25, 0.3) is 22.6 Å². The lowest BCUT2D eigenvalue weighted by molar-refractivity contribution is -0.120. The van der Waals surface area contributed by atoms with Gasteiger partial charge >= 0.3 is 0 Å². The Balaban J connectivity index is 1.80. The van der Waals surface area contributed by atoms with Crippen LogP contribution in [0.15, 0.2) is 34.2 Å². The van der Waals surface area contributed by atoms with E-state index in [2.05, 4.69) is 16.9 Å². The molecular formula is C27H37N5O6S. The average Bonchev–Trinajstić information content (AvgIpc) is 3.36. The average molecular weight is 560 g/mol. The Labute approximate surface area is 228 Å². The van der Waals surface area contributed by atoms with E-state index in [9.17, 15) is 18.0 Å². The van der Waals surface area contributed by atoms with E-state index in [4.69, 9.17) is 14.5 Å².